The van der Waals surface area contributed by atoms with Gasteiger partial charge in [-0.05, 0) is 6.92 Å². The number of hydrogen-bond acceptors (Lipinski definition) is 2. The molecule has 0 radical (unpaired) electrons. The predicted molar refractivity (Wildman–Crippen MR) is 28.9 cm³/mol. The molecule has 1 aliphatic heterocycles. The molecule has 1 amide bonds. The number of amides is 1. The van der Waals surface area contributed by atoms with Crippen molar-refractivity contribution in [3.8, 4) is 0 Å². The Balaban J connectivity index is 2.54. The highest BCUT2D eigenvalue weighted by atomic mass is 19.1. The monoisotopic (exact) mass is 133 g/mol. The lowest BCUT2D eigenvalue weighted by Crippen LogP contribution is -2.42. The van der Waals surface area contributed by atoms with E-state index in [1.54, 1.807) is 6.92 Å². The Hall–Kier alpha value is -0.800. The first-order valence-corrected chi connectivity index (χ1v) is 2.67. The van der Waals surface area contributed by atoms with Gasteiger partial charge in [0, 0.05) is 0 Å². The van der Waals surface area contributed by atoms with Gasteiger partial charge in [0.1, 0.15) is 18.8 Å². The number of cyclic esters (lactones) is 1. The summed E-state index contributed by atoms with van der Waals surface area (Å²) in [6, 6.07) is 0. The molecule has 0 saturated carbocycles. The maximum Gasteiger partial charge on any atom is 0.407 e. The minimum absolute atomic E-state index is 0.127. The van der Waals surface area contributed by atoms with E-state index >= 15 is 0 Å². The van der Waals surface area contributed by atoms with Crippen molar-refractivity contribution in [2.45, 2.75) is 12.5 Å². The lowest BCUT2D eigenvalue weighted by Gasteiger charge is -2.14. The largest absolute Gasteiger partial charge is 0.447 e. The van der Waals surface area contributed by atoms with Crippen LogP contribution < -0.4 is 5.32 Å². The van der Waals surface area contributed by atoms with Crippen molar-refractivity contribution in [1.29, 1.82) is 0 Å². The fraction of sp³-hybridized carbons (Fsp3) is 0.800. The van der Waals surface area contributed by atoms with Crippen molar-refractivity contribution in [2.75, 3.05) is 13.3 Å². The second kappa shape index (κ2) is 1.86. The molecule has 3 nitrogen and oxygen atoms in total. The number of hydrogen-bond donors (Lipinski definition) is 1. The molecule has 1 atom stereocenters. The first-order valence-electron chi connectivity index (χ1n) is 2.67. The summed E-state index contributed by atoms with van der Waals surface area (Å²) in [6.45, 7) is 1.14. The number of carbonyl (C=O) groups is 1. The first kappa shape index (κ1) is 6.32. The van der Waals surface area contributed by atoms with Gasteiger partial charge in [-0.25, -0.2) is 9.18 Å². The van der Waals surface area contributed by atoms with Gasteiger partial charge in [0.15, 0.2) is 0 Å². The summed E-state index contributed by atoms with van der Waals surface area (Å²) in [5.41, 5.74) is -0.781. The summed E-state index contributed by atoms with van der Waals surface area (Å²) in [7, 11) is 0. The Kier molecular flexibility index (Phi) is 1.31. The molecule has 52 valence electrons. The van der Waals surface area contributed by atoms with Gasteiger partial charge in [0.2, 0.25) is 0 Å². The SMILES string of the molecule is C[C@]1(CF)COC(=O)N1. The molecule has 1 N–H and O–H groups in total. The molecule has 0 bridgehead atoms. The Morgan fingerprint density at radius 1 is 2.00 bits per heavy atom. The molecule has 4 heteroatoms. The Bertz CT molecular complexity index is 139. The summed E-state index contributed by atoms with van der Waals surface area (Å²) < 4.78 is 16.4. The van der Waals surface area contributed by atoms with Crippen LogP contribution in [-0.4, -0.2) is 24.9 Å². The van der Waals surface area contributed by atoms with Gasteiger partial charge in [-0.15, -0.1) is 0 Å². The molecule has 0 aromatic rings. The molecule has 0 spiro atoms. The average molecular weight is 133 g/mol. The van der Waals surface area contributed by atoms with Gasteiger partial charge in [-0.3, -0.25) is 0 Å². The molecule has 9 heavy (non-hydrogen) atoms. The van der Waals surface area contributed by atoms with Crippen LogP contribution in [0, 0.1) is 0 Å². The molecule has 0 aromatic carbocycles. The maximum atomic E-state index is 12.0. The molecule has 1 rings (SSSR count). The third-order valence-electron chi connectivity index (χ3n) is 1.22. The van der Waals surface area contributed by atoms with E-state index in [1.807, 2.05) is 0 Å². The minimum atomic E-state index is -0.781. The van der Waals surface area contributed by atoms with Crippen LogP contribution in [0.3, 0.4) is 0 Å². The van der Waals surface area contributed by atoms with Crippen LogP contribution in [0.1, 0.15) is 6.92 Å². The van der Waals surface area contributed by atoms with Gasteiger partial charge < -0.3 is 10.1 Å². The average Bonchev–Trinajstić information content (AvgIpc) is 2.13. The van der Waals surface area contributed by atoms with E-state index in [0.717, 1.165) is 0 Å². The lowest BCUT2D eigenvalue weighted by molar-refractivity contribution is 0.170. The predicted octanol–water partition coefficient (Wildman–Crippen LogP) is 0.454. The van der Waals surface area contributed by atoms with Crippen molar-refractivity contribution in [2.24, 2.45) is 0 Å². The third-order valence-corrected chi connectivity index (χ3v) is 1.22. The van der Waals surface area contributed by atoms with Crippen molar-refractivity contribution in [1.82, 2.24) is 5.32 Å². The van der Waals surface area contributed by atoms with Crippen LogP contribution in [0.4, 0.5) is 9.18 Å². The highest BCUT2D eigenvalue weighted by Crippen LogP contribution is 2.11. The quantitative estimate of drug-likeness (QED) is 0.564. The zero-order valence-electron chi connectivity index (χ0n) is 5.11. The van der Waals surface area contributed by atoms with Crippen molar-refractivity contribution >= 4 is 6.09 Å². The summed E-state index contributed by atoms with van der Waals surface area (Å²) >= 11 is 0. The van der Waals surface area contributed by atoms with E-state index in [4.69, 9.17) is 0 Å². The van der Waals surface area contributed by atoms with Gasteiger partial charge >= 0.3 is 6.09 Å². The second-order valence-corrected chi connectivity index (χ2v) is 2.40. The van der Waals surface area contributed by atoms with Crippen LogP contribution in [0.25, 0.3) is 0 Å². The standard InChI is InChI=1S/C5H8FNO2/c1-5(2-6)3-9-4(8)7-5/h2-3H2,1H3,(H,7,8)/t5-/m0/s1. The zero-order chi connectivity index (χ0) is 6.91. The van der Waals surface area contributed by atoms with E-state index in [1.165, 1.54) is 0 Å². The molecular formula is C5H8FNO2. The molecule has 1 fully saturated rings. The van der Waals surface area contributed by atoms with E-state index in [9.17, 15) is 9.18 Å². The summed E-state index contributed by atoms with van der Waals surface area (Å²) in [6.07, 6.45) is -0.532. The number of nitrogens with one attached hydrogen (secondary N) is 1. The van der Waals surface area contributed by atoms with Crippen molar-refractivity contribution in [3.05, 3.63) is 0 Å². The lowest BCUT2D eigenvalue weighted by atomic mass is 10.1. The number of alkyl carbamates (subject to hydrolysis) is 1. The number of halogens is 1. The summed E-state index contributed by atoms with van der Waals surface area (Å²) in [5.74, 6) is 0. The summed E-state index contributed by atoms with van der Waals surface area (Å²) in [4.78, 5) is 10.3. The molecule has 1 heterocycles. The number of alkyl halides is 1. The molecular weight excluding hydrogens is 125 g/mol. The van der Waals surface area contributed by atoms with Crippen LogP contribution >= 0.6 is 0 Å². The fourth-order valence-electron chi connectivity index (χ4n) is 0.615. The highest BCUT2D eigenvalue weighted by molar-refractivity contribution is 5.70. The Labute approximate surface area is 52.2 Å². The topological polar surface area (TPSA) is 38.3 Å². The van der Waals surface area contributed by atoms with E-state index in [0.29, 0.717) is 0 Å². The minimum Gasteiger partial charge on any atom is -0.447 e. The highest BCUT2D eigenvalue weighted by Gasteiger charge is 2.34. The molecule has 0 aromatic heterocycles. The number of ether oxygens (including phenoxy) is 1. The van der Waals surface area contributed by atoms with Gasteiger partial charge in [-0.1, -0.05) is 0 Å². The van der Waals surface area contributed by atoms with Crippen LogP contribution in [0.15, 0.2) is 0 Å². The summed E-state index contributed by atoms with van der Waals surface area (Å²) in [5, 5.41) is 2.34. The molecule has 0 unspecified atom stereocenters. The maximum absolute atomic E-state index is 12.0. The molecule has 0 aliphatic carbocycles. The Morgan fingerprint density at radius 2 is 2.67 bits per heavy atom. The van der Waals surface area contributed by atoms with Crippen LogP contribution in [0.5, 0.6) is 0 Å². The number of carbonyl (C=O) groups excluding carboxylic acids is 1. The molecule has 1 aliphatic rings. The van der Waals surface area contributed by atoms with Crippen molar-refractivity contribution < 1.29 is 13.9 Å². The fourth-order valence-corrected chi connectivity index (χ4v) is 0.615. The zero-order valence-corrected chi connectivity index (χ0v) is 5.11. The Morgan fingerprint density at radius 3 is 2.89 bits per heavy atom. The number of rotatable bonds is 1. The van der Waals surface area contributed by atoms with Crippen molar-refractivity contribution in [3.63, 3.8) is 0 Å². The second-order valence-electron chi connectivity index (χ2n) is 2.40. The van der Waals surface area contributed by atoms with E-state index in [-0.39, 0.29) is 6.61 Å². The van der Waals surface area contributed by atoms with Crippen LogP contribution in [0.2, 0.25) is 0 Å². The van der Waals surface area contributed by atoms with E-state index < -0.39 is 18.3 Å². The normalized spacial score (nSPS) is 33.8. The molecule has 1 saturated heterocycles. The smallest absolute Gasteiger partial charge is 0.407 e. The van der Waals surface area contributed by atoms with E-state index in [2.05, 4.69) is 10.1 Å². The van der Waals surface area contributed by atoms with Gasteiger partial charge in [0.05, 0.1) is 0 Å². The van der Waals surface area contributed by atoms with Gasteiger partial charge in [-0.2, -0.15) is 0 Å². The van der Waals surface area contributed by atoms with Crippen LogP contribution in [-0.2, 0) is 4.74 Å². The van der Waals surface area contributed by atoms with Gasteiger partial charge in [0.25, 0.3) is 0 Å². The first-order chi connectivity index (χ1) is 4.16. The third kappa shape index (κ3) is 1.12.